The van der Waals surface area contributed by atoms with Crippen molar-refractivity contribution in [2.75, 3.05) is 5.32 Å². The van der Waals surface area contributed by atoms with Gasteiger partial charge in [0.05, 0.1) is 0 Å². The van der Waals surface area contributed by atoms with Crippen LogP contribution in [0.25, 0.3) is 22.2 Å². The van der Waals surface area contributed by atoms with E-state index in [1.165, 1.54) is 18.2 Å². The number of fused-ring (bicyclic) bond motifs is 1. The molecule has 0 fully saturated rings. The number of nitrogens with zero attached hydrogens (tertiary/aromatic N) is 4. The number of aryl methyl sites for hydroxylation is 1. The lowest BCUT2D eigenvalue weighted by Crippen LogP contribution is -2.21. The van der Waals surface area contributed by atoms with Crippen LogP contribution in [0.2, 0.25) is 0 Å². The van der Waals surface area contributed by atoms with E-state index < -0.39 is 52.4 Å². The average Bonchev–Trinajstić information content (AvgIpc) is 3.11. The van der Waals surface area contributed by atoms with E-state index >= 15 is 0 Å². The first kappa shape index (κ1) is 23.1. The minimum atomic E-state index is -5.09. The molecule has 0 saturated carbocycles. The molecule has 0 aliphatic rings. The third-order valence-electron chi connectivity index (χ3n) is 4.83. The van der Waals surface area contributed by atoms with Crippen LogP contribution in [0.15, 0.2) is 48.8 Å². The first-order valence-corrected chi connectivity index (χ1v) is 9.40. The number of carbonyl (C=O) groups excluding carboxylic acids is 1. The smallest absolute Gasteiger partial charge is 0.321 e. The van der Waals surface area contributed by atoms with E-state index in [0.29, 0.717) is 10.7 Å². The van der Waals surface area contributed by atoms with Crippen molar-refractivity contribution in [1.82, 2.24) is 19.7 Å². The van der Waals surface area contributed by atoms with Gasteiger partial charge >= 0.3 is 12.4 Å². The lowest BCUT2D eigenvalue weighted by molar-refractivity contribution is -0.141. The zero-order chi connectivity index (χ0) is 24.8. The monoisotopic (exact) mass is 483 g/mol. The molecular weight excluding hydrogens is 471 g/mol. The Labute approximate surface area is 186 Å². The molecule has 3 heterocycles. The first-order valence-electron chi connectivity index (χ1n) is 9.40. The molecule has 176 valence electrons. The topological polar surface area (TPSA) is 72.7 Å². The molecular formula is C21H12F7N5O. The third-order valence-corrected chi connectivity index (χ3v) is 4.83. The van der Waals surface area contributed by atoms with Gasteiger partial charge in [0.2, 0.25) is 0 Å². The highest BCUT2D eigenvalue weighted by molar-refractivity contribution is 6.06. The van der Waals surface area contributed by atoms with Crippen molar-refractivity contribution in [3.05, 3.63) is 71.6 Å². The summed E-state index contributed by atoms with van der Waals surface area (Å²) in [6, 6.07) is 6.40. The predicted octanol–water partition coefficient (Wildman–Crippen LogP) is 5.46. The van der Waals surface area contributed by atoms with Crippen molar-refractivity contribution in [2.24, 2.45) is 7.05 Å². The van der Waals surface area contributed by atoms with Crippen molar-refractivity contribution in [3.63, 3.8) is 0 Å². The van der Waals surface area contributed by atoms with Crippen LogP contribution >= 0.6 is 0 Å². The van der Waals surface area contributed by atoms with Gasteiger partial charge in [-0.25, -0.2) is 4.39 Å². The number of hydrogen-bond acceptors (Lipinski definition) is 4. The van der Waals surface area contributed by atoms with Crippen LogP contribution in [-0.2, 0) is 19.4 Å². The zero-order valence-electron chi connectivity index (χ0n) is 17.0. The number of halogens is 7. The Morgan fingerprint density at radius 1 is 0.971 bits per heavy atom. The van der Waals surface area contributed by atoms with E-state index in [0.717, 1.165) is 31.6 Å². The number of anilines is 1. The highest BCUT2D eigenvalue weighted by Gasteiger charge is 2.42. The molecule has 4 aromatic rings. The highest BCUT2D eigenvalue weighted by Crippen LogP contribution is 2.41. The normalized spacial score (nSPS) is 12.2. The fraction of sp³-hybridized carbons (Fsp3) is 0.143. The standard InChI is InChI=1S/C21H12F7N5O/c1-33-18(19(34)31-10-5-7-29-14(9-10)20(23,24)25)15(21(26,27)28)17(32-33)12-6-8-30-16-11(12)3-2-4-13(16)22/h2-9H,1H3,(H,29,31,34). The molecule has 0 radical (unpaired) electrons. The van der Waals surface area contributed by atoms with Gasteiger partial charge in [-0.3, -0.25) is 19.4 Å². The lowest BCUT2D eigenvalue weighted by atomic mass is 10.0. The molecule has 0 saturated heterocycles. The molecule has 1 aromatic carbocycles. The van der Waals surface area contributed by atoms with Crippen LogP contribution in [0.4, 0.5) is 36.4 Å². The zero-order valence-corrected chi connectivity index (χ0v) is 17.0. The van der Waals surface area contributed by atoms with Gasteiger partial charge in [-0.1, -0.05) is 12.1 Å². The molecule has 0 aliphatic heterocycles. The number of hydrogen-bond donors (Lipinski definition) is 1. The van der Waals surface area contributed by atoms with Gasteiger partial charge < -0.3 is 5.32 Å². The SMILES string of the molecule is Cn1nc(-c2ccnc3c(F)cccc23)c(C(F)(F)F)c1C(=O)Nc1ccnc(C(F)(F)F)c1. The number of nitrogens with one attached hydrogen (secondary N) is 1. The molecule has 1 amide bonds. The fourth-order valence-corrected chi connectivity index (χ4v) is 3.44. The molecule has 6 nitrogen and oxygen atoms in total. The minimum absolute atomic E-state index is 0.0296. The van der Waals surface area contributed by atoms with Crippen LogP contribution in [0.5, 0.6) is 0 Å². The second kappa shape index (κ2) is 8.08. The van der Waals surface area contributed by atoms with E-state index in [1.54, 1.807) is 0 Å². The maximum Gasteiger partial charge on any atom is 0.433 e. The van der Waals surface area contributed by atoms with E-state index in [9.17, 15) is 35.5 Å². The van der Waals surface area contributed by atoms with E-state index in [2.05, 4.69) is 15.1 Å². The summed E-state index contributed by atoms with van der Waals surface area (Å²) in [4.78, 5) is 19.8. The van der Waals surface area contributed by atoms with Crippen LogP contribution in [0.1, 0.15) is 21.7 Å². The first-order chi connectivity index (χ1) is 15.9. The summed E-state index contributed by atoms with van der Waals surface area (Å²) < 4.78 is 95.8. The van der Waals surface area contributed by atoms with Gasteiger partial charge in [0.25, 0.3) is 5.91 Å². The Balaban J connectivity index is 1.85. The molecule has 3 aromatic heterocycles. The number of aromatic nitrogens is 4. The van der Waals surface area contributed by atoms with E-state index in [1.807, 2.05) is 5.32 Å². The minimum Gasteiger partial charge on any atom is -0.321 e. The third kappa shape index (κ3) is 4.16. The Hall–Kier alpha value is -4.03. The van der Waals surface area contributed by atoms with Gasteiger partial charge in [-0.15, -0.1) is 0 Å². The average molecular weight is 483 g/mol. The van der Waals surface area contributed by atoms with E-state index in [4.69, 9.17) is 0 Å². The largest absolute Gasteiger partial charge is 0.433 e. The Kier molecular flexibility index (Phi) is 5.50. The summed E-state index contributed by atoms with van der Waals surface area (Å²) in [6.45, 7) is 0. The summed E-state index contributed by atoms with van der Waals surface area (Å²) in [5.41, 5.74) is -5.12. The summed E-state index contributed by atoms with van der Waals surface area (Å²) in [7, 11) is 1.07. The van der Waals surface area contributed by atoms with E-state index in [-0.39, 0.29) is 16.5 Å². The molecule has 0 aliphatic carbocycles. The number of alkyl halides is 6. The number of para-hydroxylation sites is 1. The van der Waals surface area contributed by atoms with Gasteiger partial charge in [-0.2, -0.15) is 31.4 Å². The molecule has 0 bridgehead atoms. The summed E-state index contributed by atoms with van der Waals surface area (Å²) in [5, 5.41) is 5.89. The Bertz CT molecular complexity index is 1410. The van der Waals surface area contributed by atoms with Crippen molar-refractivity contribution in [1.29, 1.82) is 0 Å². The van der Waals surface area contributed by atoms with Crippen LogP contribution in [-0.4, -0.2) is 25.7 Å². The second-order valence-electron chi connectivity index (χ2n) is 7.07. The maximum absolute atomic E-state index is 14.1. The predicted molar refractivity (Wildman–Crippen MR) is 106 cm³/mol. The summed E-state index contributed by atoms with van der Waals surface area (Å²) >= 11 is 0. The summed E-state index contributed by atoms with van der Waals surface area (Å²) in [6.07, 6.45) is -8.05. The maximum atomic E-state index is 14.1. The molecule has 34 heavy (non-hydrogen) atoms. The van der Waals surface area contributed by atoms with Crippen LogP contribution in [0, 0.1) is 5.82 Å². The number of benzene rings is 1. The van der Waals surface area contributed by atoms with Gasteiger partial charge in [0.15, 0.2) is 0 Å². The van der Waals surface area contributed by atoms with Crippen molar-refractivity contribution in [3.8, 4) is 11.3 Å². The summed E-state index contributed by atoms with van der Waals surface area (Å²) in [5.74, 6) is -2.11. The quantitative estimate of drug-likeness (QED) is 0.393. The molecule has 0 atom stereocenters. The molecule has 0 spiro atoms. The van der Waals surface area contributed by atoms with Crippen molar-refractivity contribution in [2.45, 2.75) is 12.4 Å². The number of pyridine rings is 2. The van der Waals surface area contributed by atoms with Crippen molar-refractivity contribution < 1.29 is 35.5 Å². The Morgan fingerprint density at radius 3 is 2.35 bits per heavy atom. The van der Waals surface area contributed by atoms with Crippen LogP contribution in [0.3, 0.4) is 0 Å². The molecule has 13 heteroatoms. The fourth-order valence-electron chi connectivity index (χ4n) is 3.44. The second-order valence-corrected chi connectivity index (χ2v) is 7.07. The van der Waals surface area contributed by atoms with Crippen molar-refractivity contribution >= 4 is 22.5 Å². The molecule has 0 unspecified atom stereocenters. The highest BCUT2D eigenvalue weighted by atomic mass is 19.4. The number of rotatable bonds is 3. The van der Waals surface area contributed by atoms with Gasteiger partial charge in [0.1, 0.15) is 34.0 Å². The van der Waals surface area contributed by atoms with Gasteiger partial charge in [-0.05, 0) is 24.3 Å². The molecule has 1 N–H and O–H groups in total. The lowest BCUT2D eigenvalue weighted by Gasteiger charge is -2.13. The molecule has 4 rings (SSSR count). The number of amides is 1. The Morgan fingerprint density at radius 2 is 1.68 bits per heavy atom. The number of carbonyl (C=O) groups is 1. The van der Waals surface area contributed by atoms with Crippen LogP contribution < -0.4 is 5.32 Å². The van der Waals surface area contributed by atoms with Gasteiger partial charge in [0, 0.05) is 36.1 Å².